The molecular formula is C14H10Cl2F3NO. The van der Waals surface area contributed by atoms with Crippen molar-refractivity contribution in [1.82, 2.24) is 0 Å². The number of anilines is 1. The van der Waals surface area contributed by atoms with Crippen LogP contribution in [-0.2, 0) is 12.8 Å². The number of nitrogen functional groups attached to an aromatic ring is 1. The quantitative estimate of drug-likeness (QED) is 0.785. The first-order valence-electron chi connectivity index (χ1n) is 5.81. The van der Waals surface area contributed by atoms with Crippen molar-refractivity contribution in [3.63, 3.8) is 0 Å². The highest BCUT2D eigenvalue weighted by Gasteiger charge is 2.33. The maximum Gasteiger partial charge on any atom is 0.416 e. The van der Waals surface area contributed by atoms with Crippen LogP contribution in [0.15, 0.2) is 36.4 Å². The van der Waals surface area contributed by atoms with E-state index in [9.17, 15) is 13.2 Å². The first kappa shape index (κ1) is 15.8. The molecular weight excluding hydrogens is 326 g/mol. The van der Waals surface area contributed by atoms with Crippen LogP contribution in [0.25, 0.3) is 0 Å². The molecule has 0 aliphatic heterocycles. The molecule has 0 fully saturated rings. The second-order valence-electron chi connectivity index (χ2n) is 4.25. The fourth-order valence-electron chi connectivity index (χ4n) is 1.73. The van der Waals surface area contributed by atoms with E-state index >= 15 is 0 Å². The normalized spacial score (nSPS) is 11.5. The van der Waals surface area contributed by atoms with Crippen LogP contribution in [0.5, 0.6) is 5.75 Å². The van der Waals surface area contributed by atoms with E-state index in [2.05, 4.69) is 0 Å². The molecule has 0 saturated carbocycles. The Morgan fingerprint density at radius 1 is 1.10 bits per heavy atom. The molecule has 0 aromatic heterocycles. The number of rotatable bonds is 3. The van der Waals surface area contributed by atoms with Crippen LogP contribution >= 0.6 is 23.2 Å². The van der Waals surface area contributed by atoms with Gasteiger partial charge in [-0.1, -0.05) is 35.3 Å². The minimum Gasteiger partial charge on any atom is -0.487 e. The van der Waals surface area contributed by atoms with E-state index in [1.807, 2.05) is 0 Å². The minimum atomic E-state index is -4.51. The van der Waals surface area contributed by atoms with Crippen LogP contribution in [0.4, 0.5) is 18.9 Å². The summed E-state index contributed by atoms with van der Waals surface area (Å²) in [7, 11) is 0. The van der Waals surface area contributed by atoms with Gasteiger partial charge in [0.2, 0.25) is 0 Å². The van der Waals surface area contributed by atoms with E-state index in [4.69, 9.17) is 33.7 Å². The van der Waals surface area contributed by atoms with Crippen LogP contribution in [0.3, 0.4) is 0 Å². The molecule has 2 aromatic rings. The largest absolute Gasteiger partial charge is 0.487 e. The molecule has 0 amide bonds. The maximum absolute atomic E-state index is 12.9. The van der Waals surface area contributed by atoms with Crippen molar-refractivity contribution < 1.29 is 17.9 Å². The predicted octanol–water partition coefficient (Wildman–Crippen LogP) is 5.17. The Morgan fingerprint density at radius 3 is 2.48 bits per heavy atom. The highest BCUT2D eigenvalue weighted by atomic mass is 35.5. The second kappa shape index (κ2) is 6.03. The van der Waals surface area contributed by atoms with Crippen molar-refractivity contribution in [3.05, 3.63) is 57.6 Å². The molecule has 7 heteroatoms. The Kier molecular flexibility index (Phi) is 4.54. The first-order valence-corrected chi connectivity index (χ1v) is 6.57. The van der Waals surface area contributed by atoms with E-state index in [0.29, 0.717) is 0 Å². The molecule has 2 N–H and O–H groups in total. The molecule has 0 spiro atoms. The summed E-state index contributed by atoms with van der Waals surface area (Å²) in [6.07, 6.45) is -4.51. The van der Waals surface area contributed by atoms with Crippen LogP contribution in [0.1, 0.15) is 11.1 Å². The fourth-order valence-corrected chi connectivity index (χ4v) is 2.08. The number of ether oxygens (including phenoxy) is 1. The Bertz CT molecular complexity index is 659. The molecule has 0 saturated heterocycles. The molecule has 112 valence electrons. The molecule has 2 rings (SSSR count). The second-order valence-corrected chi connectivity index (χ2v) is 5.04. The smallest absolute Gasteiger partial charge is 0.416 e. The third kappa shape index (κ3) is 3.74. The summed E-state index contributed by atoms with van der Waals surface area (Å²) in [6, 6.07) is 8.21. The van der Waals surface area contributed by atoms with E-state index < -0.39 is 11.7 Å². The fraction of sp³-hybridized carbons (Fsp3) is 0.143. The standard InChI is InChI=1S/C14H10Cl2F3NO/c15-11-2-1-3-12(13(11)16)21-7-8-4-5-9(20)6-10(8)14(17,18)19/h1-6H,7,20H2. The van der Waals surface area contributed by atoms with E-state index in [1.165, 1.54) is 18.2 Å². The van der Waals surface area contributed by atoms with Crippen molar-refractivity contribution in [1.29, 1.82) is 0 Å². The minimum absolute atomic E-state index is 0.0341. The van der Waals surface area contributed by atoms with Crippen molar-refractivity contribution in [2.75, 3.05) is 5.73 Å². The van der Waals surface area contributed by atoms with Gasteiger partial charge in [0, 0.05) is 11.3 Å². The van der Waals surface area contributed by atoms with Gasteiger partial charge < -0.3 is 10.5 Å². The Balaban J connectivity index is 2.26. The van der Waals surface area contributed by atoms with E-state index in [1.54, 1.807) is 12.1 Å². The lowest BCUT2D eigenvalue weighted by Crippen LogP contribution is -2.11. The number of halogens is 5. The molecule has 0 aliphatic carbocycles. The number of alkyl halides is 3. The van der Waals surface area contributed by atoms with Gasteiger partial charge in [-0.15, -0.1) is 0 Å². The first-order chi connectivity index (χ1) is 9.79. The lowest BCUT2D eigenvalue weighted by molar-refractivity contribution is -0.138. The summed E-state index contributed by atoms with van der Waals surface area (Å²) in [4.78, 5) is 0. The zero-order valence-electron chi connectivity index (χ0n) is 10.5. The maximum atomic E-state index is 12.9. The third-order valence-corrected chi connectivity index (χ3v) is 3.54. The van der Waals surface area contributed by atoms with Crippen molar-refractivity contribution >= 4 is 28.9 Å². The average molecular weight is 336 g/mol. The van der Waals surface area contributed by atoms with Gasteiger partial charge in [-0.25, -0.2) is 0 Å². The van der Waals surface area contributed by atoms with Crippen LogP contribution in [-0.4, -0.2) is 0 Å². The average Bonchev–Trinajstić information content (AvgIpc) is 2.40. The SMILES string of the molecule is Nc1ccc(COc2cccc(Cl)c2Cl)c(C(F)(F)F)c1. The summed E-state index contributed by atoms with van der Waals surface area (Å²) in [5, 5.41) is 0.422. The molecule has 2 nitrogen and oxygen atoms in total. The highest BCUT2D eigenvalue weighted by molar-refractivity contribution is 6.42. The zero-order chi connectivity index (χ0) is 15.6. The Labute approximate surface area is 129 Å². The van der Waals surface area contributed by atoms with Gasteiger partial charge in [0.05, 0.1) is 10.6 Å². The third-order valence-electron chi connectivity index (χ3n) is 2.74. The number of nitrogens with two attached hydrogens (primary N) is 1. The van der Waals surface area contributed by atoms with Gasteiger partial charge in [-0.3, -0.25) is 0 Å². The summed E-state index contributed by atoms with van der Waals surface area (Å²) in [6.45, 7) is -0.296. The van der Waals surface area contributed by atoms with Gasteiger partial charge in [0.1, 0.15) is 17.4 Å². The van der Waals surface area contributed by atoms with Crippen molar-refractivity contribution in [2.24, 2.45) is 0 Å². The lowest BCUT2D eigenvalue weighted by Gasteiger charge is -2.15. The Morgan fingerprint density at radius 2 is 1.81 bits per heavy atom. The topological polar surface area (TPSA) is 35.2 Å². The van der Waals surface area contributed by atoms with E-state index in [0.717, 1.165) is 6.07 Å². The summed E-state index contributed by atoms with van der Waals surface area (Å²) < 4.78 is 44.1. The van der Waals surface area contributed by atoms with Gasteiger partial charge >= 0.3 is 6.18 Å². The van der Waals surface area contributed by atoms with Gasteiger partial charge in [-0.05, 0) is 24.3 Å². The van der Waals surface area contributed by atoms with Crippen LogP contribution in [0.2, 0.25) is 10.0 Å². The number of hydrogen-bond acceptors (Lipinski definition) is 2. The summed E-state index contributed by atoms with van der Waals surface area (Å²) >= 11 is 11.7. The van der Waals surface area contributed by atoms with Crippen molar-refractivity contribution in [3.8, 4) is 5.75 Å². The molecule has 2 aromatic carbocycles. The van der Waals surface area contributed by atoms with Gasteiger partial charge in [-0.2, -0.15) is 13.2 Å². The molecule has 0 radical (unpaired) electrons. The van der Waals surface area contributed by atoms with E-state index in [-0.39, 0.29) is 33.7 Å². The summed E-state index contributed by atoms with van der Waals surface area (Å²) in [5.41, 5.74) is 4.56. The molecule has 0 heterocycles. The molecule has 0 unspecified atom stereocenters. The predicted molar refractivity (Wildman–Crippen MR) is 76.7 cm³/mol. The molecule has 21 heavy (non-hydrogen) atoms. The highest BCUT2D eigenvalue weighted by Crippen LogP contribution is 2.35. The number of hydrogen-bond donors (Lipinski definition) is 1. The zero-order valence-corrected chi connectivity index (χ0v) is 12.1. The summed E-state index contributed by atoms with van der Waals surface area (Å²) in [5.74, 6) is 0.217. The lowest BCUT2D eigenvalue weighted by atomic mass is 10.1. The Hall–Kier alpha value is -1.59. The molecule has 0 bridgehead atoms. The molecule has 0 aliphatic rings. The van der Waals surface area contributed by atoms with Crippen molar-refractivity contribution in [2.45, 2.75) is 12.8 Å². The van der Waals surface area contributed by atoms with Crippen LogP contribution in [0, 0.1) is 0 Å². The van der Waals surface area contributed by atoms with Gasteiger partial charge in [0.15, 0.2) is 0 Å². The van der Waals surface area contributed by atoms with Gasteiger partial charge in [0.25, 0.3) is 0 Å². The number of benzene rings is 2. The van der Waals surface area contributed by atoms with Crippen LogP contribution < -0.4 is 10.5 Å². The monoisotopic (exact) mass is 335 g/mol. The molecule has 0 atom stereocenters.